The molecule has 0 aromatic carbocycles. The number of anilines is 1. The molecule has 0 saturated heterocycles. The van der Waals surface area contributed by atoms with Gasteiger partial charge in [-0.3, -0.25) is 9.98 Å². The second-order valence-electron chi connectivity index (χ2n) is 2.34. The van der Waals surface area contributed by atoms with Gasteiger partial charge in [-0.2, -0.15) is 0 Å². The third-order valence-corrected chi connectivity index (χ3v) is 1.37. The van der Waals surface area contributed by atoms with Crippen LogP contribution in [0.15, 0.2) is 17.3 Å². The maximum absolute atomic E-state index is 5.68. The van der Waals surface area contributed by atoms with Crippen LogP contribution in [0.1, 0.15) is 11.3 Å². The lowest BCUT2D eigenvalue weighted by molar-refractivity contribution is 1.20. The Morgan fingerprint density at radius 1 is 1.64 bits per heavy atom. The van der Waals surface area contributed by atoms with Gasteiger partial charge in [0.2, 0.25) is 0 Å². The van der Waals surface area contributed by atoms with Gasteiger partial charge in [0.05, 0.1) is 0 Å². The predicted molar refractivity (Wildman–Crippen MR) is 46.9 cm³/mol. The van der Waals surface area contributed by atoms with E-state index in [0.29, 0.717) is 0 Å². The summed E-state index contributed by atoms with van der Waals surface area (Å²) in [5.41, 5.74) is 8.20. The number of nitrogens with two attached hydrogens (primary N) is 1. The Hall–Kier alpha value is -1.38. The van der Waals surface area contributed by atoms with Crippen LogP contribution in [0.25, 0.3) is 0 Å². The van der Waals surface area contributed by atoms with Crippen LogP contribution in [0.5, 0.6) is 0 Å². The van der Waals surface area contributed by atoms with E-state index in [-0.39, 0.29) is 0 Å². The topological polar surface area (TPSA) is 51.3 Å². The highest BCUT2D eigenvalue weighted by Crippen LogP contribution is 2.08. The Bertz CT molecular complexity index is 279. The molecule has 1 aromatic rings. The smallest absolute Gasteiger partial charge is 0.0436 e. The van der Waals surface area contributed by atoms with Gasteiger partial charge < -0.3 is 5.73 Å². The number of aromatic nitrogens is 1. The molecule has 1 rings (SSSR count). The van der Waals surface area contributed by atoms with Crippen LogP contribution in [-0.4, -0.2) is 18.2 Å². The number of hydrogen-bond donors (Lipinski definition) is 1. The van der Waals surface area contributed by atoms with Crippen LogP contribution in [0.3, 0.4) is 0 Å². The van der Waals surface area contributed by atoms with Crippen molar-refractivity contribution >= 4 is 11.9 Å². The molecule has 2 N–H and O–H groups in total. The van der Waals surface area contributed by atoms with Gasteiger partial charge in [-0.1, -0.05) is 0 Å². The number of pyridine rings is 1. The molecule has 0 aliphatic rings. The van der Waals surface area contributed by atoms with Gasteiger partial charge in [0, 0.05) is 36.4 Å². The lowest BCUT2D eigenvalue weighted by atomic mass is 10.2. The normalized spacial score (nSPS) is 10.7. The third-order valence-electron chi connectivity index (χ3n) is 1.37. The number of rotatable bonds is 1. The minimum atomic E-state index is 0.725. The first-order valence-electron chi connectivity index (χ1n) is 3.38. The fraction of sp³-hybridized carbons (Fsp3) is 0.250. The molecule has 11 heavy (non-hydrogen) atoms. The molecule has 0 fully saturated rings. The monoisotopic (exact) mass is 149 g/mol. The summed E-state index contributed by atoms with van der Waals surface area (Å²) in [5.74, 6) is 0. The number of nitrogen functional groups attached to an aromatic ring is 1. The molecular weight excluding hydrogens is 138 g/mol. The molecule has 1 heterocycles. The summed E-state index contributed by atoms with van der Waals surface area (Å²) in [6.45, 7) is 1.91. The number of aliphatic imine (C=N–C) groups is 1. The lowest BCUT2D eigenvalue weighted by Crippen LogP contribution is -1.95. The number of hydrogen-bond acceptors (Lipinski definition) is 3. The second-order valence-corrected chi connectivity index (χ2v) is 2.34. The molecule has 0 unspecified atom stereocenters. The van der Waals surface area contributed by atoms with Gasteiger partial charge in [-0.05, 0) is 13.0 Å². The summed E-state index contributed by atoms with van der Waals surface area (Å²) in [6, 6.07) is 1.83. The van der Waals surface area contributed by atoms with Crippen molar-refractivity contribution in [1.82, 2.24) is 4.98 Å². The van der Waals surface area contributed by atoms with E-state index < -0.39 is 0 Å². The van der Waals surface area contributed by atoms with E-state index in [0.717, 1.165) is 16.9 Å². The largest absolute Gasteiger partial charge is 0.398 e. The Morgan fingerprint density at radius 2 is 2.36 bits per heavy atom. The minimum absolute atomic E-state index is 0.725. The second kappa shape index (κ2) is 3.14. The van der Waals surface area contributed by atoms with Crippen LogP contribution in [0, 0.1) is 6.92 Å². The van der Waals surface area contributed by atoms with E-state index in [1.165, 1.54) is 0 Å². The number of nitrogens with zero attached hydrogens (tertiary/aromatic N) is 2. The van der Waals surface area contributed by atoms with E-state index in [1.54, 1.807) is 19.5 Å². The maximum Gasteiger partial charge on any atom is 0.0436 e. The fourth-order valence-corrected chi connectivity index (χ4v) is 0.838. The fourth-order valence-electron chi connectivity index (χ4n) is 0.838. The lowest BCUT2D eigenvalue weighted by Gasteiger charge is -1.98. The van der Waals surface area contributed by atoms with E-state index >= 15 is 0 Å². The Kier molecular flexibility index (Phi) is 2.21. The van der Waals surface area contributed by atoms with Crippen LogP contribution in [0.2, 0.25) is 0 Å². The molecule has 1 aromatic heterocycles. The molecule has 3 nitrogen and oxygen atoms in total. The minimum Gasteiger partial charge on any atom is -0.398 e. The summed E-state index contributed by atoms with van der Waals surface area (Å²) >= 11 is 0. The zero-order valence-corrected chi connectivity index (χ0v) is 6.70. The highest BCUT2D eigenvalue weighted by atomic mass is 14.7. The molecule has 58 valence electrons. The van der Waals surface area contributed by atoms with Crippen molar-refractivity contribution in [1.29, 1.82) is 0 Å². The van der Waals surface area contributed by atoms with Gasteiger partial charge >= 0.3 is 0 Å². The molecule has 0 bridgehead atoms. The van der Waals surface area contributed by atoms with Crippen LogP contribution < -0.4 is 5.73 Å². The highest BCUT2D eigenvalue weighted by molar-refractivity contribution is 5.86. The van der Waals surface area contributed by atoms with E-state index in [4.69, 9.17) is 5.73 Å². The molecule has 0 atom stereocenters. The zero-order chi connectivity index (χ0) is 8.27. The Labute approximate surface area is 66.0 Å². The van der Waals surface area contributed by atoms with Crippen LogP contribution in [-0.2, 0) is 0 Å². The molecule has 0 radical (unpaired) electrons. The molecule has 0 spiro atoms. The standard InChI is InChI=1S/C8H11N3/c1-6-3-8(9)7(4-10-2)5-11-6/h3-5H,1-2H3,(H2,9,11). The van der Waals surface area contributed by atoms with Crippen molar-refractivity contribution < 1.29 is 0 Å². The molecule has 0 saturated carbocycles. The average Bonchev–Trinajstić information content (AvgIpc) is 1.95. The highest BCUT2D eigenvalue weighted by Gasteiger charge is 1.94. The van der Waals surface area contributed by atoms with Gasteiger partial charge in [-0.25, -0.2) is 0 Å². The van der Waals surface area contributed by atoms with Crippen LogP contribution in [0.4, 0.5) is 5.69 Å². The van der Waals surface area contributed by atoms with Crippen LogP contribution >= 0.6 is 0 Å². The molecule has 0 aliphatic carbocycles. The van der Waals surface area contributed by atoms with Crippen molar-refractivity contribution in [2.75, 3.05) is 12.8 Å². The first kappa shape index (κ1) is 7.72. The number of aryl methyl sites for hydroxylation is 1. The molecule has 0 amide bonds. The third kappa shape index (κ3) is 1.77. The Balaban J connectivity index is 3.09. The summed E-state index contributed by atoms with van der Waals surface area (Å²) in [7, 11) is 1.71. The summed E-state index contributed by atoms with van der Waals surface area (Å²) in [6.07, 6.45) is 3.42. The van der Waals surface area contributed by atoms with Gasteiger partial charge in [0.15, 0.2) is 0 Å². The SMILES string of the molecule is CN=Cc1cnc(C)cc1N. The van der Waals surface area contributed by atoms with Crippen molar-refractivity contribution in [2.45, 2.75) is 6.92 Å². The quantitative estimate of drug-likeness (QED) is 0.606. The van der Waals surface area contributed by atoms with E-state index in [1.807, 2.05) is 13.0 Å². The maximum atomic E-state index is 5.68. The van der Waals surface area contributed by atoms with Crippen molar-refractivity contribution in [3.63, 3.8) is 0 Å². The summed E-state index contributed by atoms with van der Waals surface area (Å²) in [5, 5.41) is 0. The predicted octanol–water partition coefficient (Wildman–Crippen LogP) is 1.02. The van der Waals surface area contributed by atoms with Crippen molar-refractivity contribution in [3.8, 4) is 0 Å². The van der Waals surface area contributed by atoms with Crippen molar-refractivity contribution in [3.05, 3.63) is 23.5 Å². The summed E-state index contributed by atoms with van der Waals surface area (Å²) < 4.78 is 0. The Morgan fingerprint density at radius 3 is 2.91 bits per heavy atom. The first-order valence-corrected chi connectivity index (χ1v) is 3.38. The first-order chi connectivity index (χ1) is 5.24. The average molecular weight is 149 g/mol. The zero-order valence-electron chi connectivity index (χ0n) is 6.70. The molecule has 0 aliphatic heterocycles. The van der Waals surface area contributed by atoms with Gasteiger partial charge in [-0.15, -0.1) is 0 Å². The van der Waals surface area contributed by atoms with E-state index in [9.17, 15) is 0 Å². The molecular formula is C8H11N3. The van der Waals surface area contributed by atoms with Crippen molar-refractivity contribution in [2.24, 2.45) is 4.99 Å². The van der Waals surface area contributed by atoms with Gasteiger partial charge in [0.25, 0.3) is 0 Å². The summed E-state index contributed by atoms with van der Waals surface area (Å²) in [4.78, 5) is 7.94. The van der Waals surface area contributed by atoms with Gasteiger partial charge in [0.1, 0.15) is 0 Å². The van der Waals surface area contributed by atoms with E-state index in [2.05, 4.69) is 9.98 Å². The molecule has 3 heteroatoms.